The SMILES string of the molecule is C1=CC2C=CC(n3c4ccccc4c4cc(N(c5ccc6c(c5)C(=C5c7ccccc7-c7ccccc75)c5ccccc5-6)c5ccc6sc7ccccc7c6c5)ccc43)=CC2C=C1. The van der Waals surface area contributed by atoms with Crippen molar-refractivity contribution in [2.75, 3.05) is 4.90 Å². The van der Waals surface area contributed by atoms with Crippen LogP contribution >= 0.6 is 11.3 Å². The van der Waals surface area contributed by atoms with Gasteiger partial charge in [-0.25, -0.2) is 0 Å². The van der Waals surface area contributed by atoms with Crippen molar-refractivity contribution in [3.05, 3.63) is 241 Å². The van der Waals surface area contributed by atoms with Gasteiger partial charge in [0.1, 0.15) is 0 Å². The predicted molar refractivity (Wildman–Crippen MR) is 268 cm³/mol. The smallest absolute Gasteiger partial charge is 0.0542 e. The summed E-state index contributed by atoms with van der Waals surface area (Å²) < 4.78 is 5.07. The minimum Gasteiger partial charge on any atom is -0.310 e. The molecule has 3 heteroatoms. The topological polar surface area (TPSA) is 8.17 Å². The standard InChI is InChI=1S/C60H38N2S/c1-2-14-38-33-39(26-25-37(38)13-1)62-55-23-11-9-18-47(55)52-34-41(28-31-56(52)62)61(42-29-32-58-53(35-42)48-19-10-12-24-57(48)63-58)40-27-30-46-45-17-5-8-22-51(45)60(54(46)36-40)59-49-20-6-3-15-43(49)44-16-4-7-21-50(44)59/h1-38H. The first kappa shape index (κ1) is 34.9. The molecule has 8 aromatic carbocycles. The largest absolute Gasteiger partial charge is 0.310 e. The minimum atomic E-state index is 0.348. The molecule has 0 radical (unpaired) electrons. The number of rotatable bonds is 4. The van der Waals surface area contributed by atoms with Crippen LogP contribution in [0.5, 0.6) is 0 Å². The molecular formula is C60H38N2S. The second-order valence-electron chi connectivity index (χ2n) is 17.2. The predicted octanol–water partition coefficient (Wildman–Crippen LogP) is 16.4. The fourth-order valence-corrected chi connectivity index (χ4v) is 12.1. The van der Waals surface area contributed by atoms with E-state index < -0.39 is 0 Å². The molecule has 4 aliphatic rings. The molecule has 2 nitrogen and oxygen atoms in total. The molecular weight excluding hydrogens is 781 g/mol. The molecule has 294 valence electrons. The van der Waals surface area contributed by atoms with Crippen LogP contribution in [0.3, 0.4) is 0 Å². The Morgan fingerprint density at radius 2 is 0.905 bits per heavy atom. The van der Waals surface area contributed by atoms with Gasteiger partial charge < -0.3 is 9.47 Å². The fraction of sp³-hybridized carbons (Fsp3) is 0.0333. The van der Waals surface area contributed by atoms with E-state index in [0.29, 0.717) is 11.8 Å². The van der Waals surface area contributed by atoms with E-state index in [2.05, 4.69) is 228 Å². The first-order valence-electron chi connectivity index (χ1n) is 21.9. The van der Waals surface area contributed by atoms with Gasteiger partial charge in [0.25, 0.3) is 0 Å². The first-order valence-corrected chi connectivity index (χ1v) is 22.7. The van der Waals surface area contributed by atoms with Crippen molar-refractivity contribution in [2.45, 2.75) is 0 Å². The van der Waals surface area contributed by atoms with Gasteiger partial charge in [-0.3, -0.25) is 0 Å². The Bertz CT molecular complexity index is 3720. The van der Waals surface area contributed by atoms with Gasteiger partial charge in [-0.05, 0) is 122 Å². The lowest BCUT2D eigenvalue weighted by molar-refractivity contribution is 0.659. The molecule has 0 amide bonds. The van der Waals surface area contributed by atoms with E-state index in [9.17, 15) is 0 Å². The summed E-state index contributed by atoms with van der Waals surface area (Å²) >= 11 is 1.87. The van der Waals surface area contributed by atoms with E-state index in [1.165, 1.54) is 103 Å². The van der Waals surface area contributed by atoms with E-state index in [1.54, 1.807) is 0 Å². The number of fused-ring (bicyclic) bond motifs is 13. The molecule has 4 aliphatic carbocycles. The Balaban J connectivity index is 1.01. The van der Waals surface area contributed by atoms with Gasteiger partial charge in [0.15, 0.2) is 0 Å². The summed E-state index contributed by atoms with van der Waals surface area (Å²) in [5.74, 6) is 0.750. The summed E-state index contributed by atoms with van der Waals surface area (Å²) in [7, 11) is 0. The van der Waals surface area contributed by atoms with E-state index >= 15 is 0 Å². The summed E-state index contributed by atoms with van der Waals surface area (Å²) in [6.45, 7) is 0. The van der Waals surface area contributed by atoms with Crippen LogP contribution in [0.1, 0.15) is 22.3 Å². The van der Waals surface area contributed by atoms with Crippen molar-refractivity contribution in [1.29, 1.82) is 0 Å². The molecule has 63 heavy (non-hydrogen) atoms. The van der Waals surface area contributed by atoms with Crippen LogP contribution in [-0.4, -0.2) is 4.57 Å². The van der Waals surface area contributed by atoms with Gasteiger partial charge in [-0.15, -0.1) is 11.3 Å². The molecule has 0 saturated heterocycles. The molecule has 0 bridgehead atoms. The number of hydrogen-bond donors (Lipinski definition) is 0. The number of benzene rings is 8. The van der Waals surface area contributed by atoms with Gasteiger partial charge in [-0.2, -0.15) is 0 Å². The lowest BCUT2D eigenvalue weighted by atomic mass is 9.84. The van der Waals surface area contributed by atoms with Crippen molar-refractivity contribution >= 4 is 87.2 Å². The number of allylic oxidation sites excluding steroid dienone is 8. The fourth-order valence-electron chi connectivity index (χ4n) is 11.0. The molecule has 0 spiro atoms. The monoisotopic (exact) mass is 818 g/mol. The summed E-state index contributed by atoms with van der Waals surface area (Å²) in [6.07, 6.45) is 16.1. The zero-order valence-electron chi connectivity index (χ0n) is 34.2. The van der Waals surface area contributed by atoms with Gasteiger partial charge in [-0.1, -0.05) is 152 Å². The van der Waals surface area contributed by atoms with Gasteiger partial charge in [0, 0.05) is 65.5 Å². The maximum Gasteiger partial charge on any atom is 0.0542 e. The average molecular weight is 819 g/mol. The Labute approximate surface area is 369 Å². The number of anilines is 3. The Morgan fingerprint density at radius 1 is 0.381 bits per heavy atom. The second kappa shape index (κ2) is 13.4. The highest BCUT2D eigenvalue weighted by molar-refractivity contribution is 7.25. The van der Waals surface area contributed by atoms with Crippen LogP contribution in [-0.2, 0) is 0 Å². The first-order chi connectivity index (χ1) is 31.2. The Morgan fingerprint density at radius 3 is 1.65 bits per heavy atom. The van der Waals surface area contributed by atoms with E-state index in [0.717, 1.165) is 17.1 Å². The molecule has 0 saturated carbocycles. The van der Waals surface area contributed by atoms with Crippen molar-refractivity contribution in [3.63, 3.8) is 0 Å². The summed E-state index contributed by atoms with van der Waals surface area (Å²) in [6, 6.07) is 65.9. The molecule has 0 N–H and O–H groups in total. The molecule has 0 fully saturated rings. The summed E-state index contributed by atoms with van der Waals surface area (Å²) in [4.78, 5) is 2.49. The minimum absolute atomic E-state index is 0.348. The van der Waals surface area contributed by atoms with Crippen molar-refractivity contribution in [2.24, 2.45) is 11.8 Å². The maximum atomic E-state index is 2.49. The zero-order valence-corrected chi connectivity index (χ0v) is 35.1. The normalized spacial score (nSPS) is 16.7. The van der Waals surface area contributed by atoms with E-state index in [1.807, 2.05) is 11.3 Å². The van der Waals surface area contributed by atoms with Gasteiger partial charge >= 0.3 is 0 Å². The van der Waals surface area contributed by atoms with Gasteiger partial charge in [0.2, 0.25) is 0 Å². The van der Waals surface area contributed by atoms with Crippen molar-refractivity contribution in [3.8, 4) is 22.3 Å². The molecule has 2 unspecified atom stereocenters. The molecule has 14 rings (SSSR count). The third-order valence-corrected chi connectivity index (χ3v) is 15.0. The lowest BCUT2D eigenvalue weighted by Gasteiger charge is -2.27. The molecule has 0 aliphatic heterocycles. The third kappa shape index (κ3) is 5.12. The van der Waals surface area contributed by atoms with Crippen molar-refractivity contribution < 1.29 is 0 Å². The quantitative estimate of drug-likeness (QED) is 0.172. The number of nitrogens with zero attached hydrogens (tertiary/aromatic N) is 2. The van der Waals surface area contributed by atoms with Crippen LogP contribution in [0.2, 0.25) is 0 Å². The van der Waals surface area contributed by atoms with Crippen molar-refractivity contribution in [1.82, 2.24) is 4.57 Å². The third-order valence-electron chi connectivity index (χ3n) is 13.8. The molecule has 2 aromatic heterocycles. The maximum absolute atomic E-state index is 2.49. The van der Waals surface area contributed by atoms with Crippen LogP contribution in [0, 0.1) is 11.8 Å². The highest BCUT2D eigenvalue weighted by atomic mass is 32.1. The van der Waals surface area contributed by atoms with E-state index in [4.69, 9.17) is 0 Å². The summed E-state index contributed by atoms with van der Waals surface area (Å²) in [5, 5.41) is 5.07. The average Bonchev–Trinajstić information content (AvgIpc) is 4.07. The molecule has 2 heterocycles. The highest BCUT2D eigenvalue weighted by Gasteiger charge is 2.33. The summed E-state index contributed by atoms with van der Waals surface area (Å²) in [5.41, 5.74) is 20.0. The number of hydrogen-bond acceptors (Lipinski definition) is 2. The van der Waals surface area contributed by atoms with Crippen LogP contribution < -0.4 is 4.90 Å². The van der Waals surface area contributed by atoms with Gasteiger partial charge in [0.05, 0.1) is 11.0 Å². The highest BCUT2D eigenvalue weighted by Crippen LogP contribution is 2.55. The van der Waals surface area contributed by atoms with Crippen LogP contribution in [0.15, 0.2) is 218 Å². The Hall–Kier alpha value is -7.72. The molecule has 2 atom stereocenters. The number of para-hydroxylation sites is 1. The second-order valence-corrected chi connectivity index (χ2v) is 18.2. The number of aromatic nitrogens is 1. The van der Waals surface area contributed by atoms with Crippen LogP contribution in [0.4, 0.5) is 17.1 Å². The number of thiophene rings is 1. The zero-order chi connectivity index (χ0) is 41.2. The molecule has 10 aromatic rings. The lowest BCUT2D eigenvalue weighted by Crippen LogP contribution is -2.13. The van der Waals surface area contributed by atoms with E-state index in [-0.39, 0.29) is 0 Å². The Kier molecular flexibility index (Phi) is 7.42. The van der Waals surface area contributed by atoms with Crippen LogP contribution in [0.25, 0.3) is 81.1 Å².